The Balaban J connectivity index is 0.00000169. The average molecular weight is 267 g/mol. The Morgan fingerprint density at radius 1 is 1.29 bits per heavy atom. The van der Waals surface area contributed by atoms with Crippen molar-refractivity contribution in [3.63, 3.8) is 0 Å². The molecule has 0 spiro atoms. The largest absolute Gasteiger partial charge is 0.481 e. The smallest absolute Gasteiger partial charge is 0.307 e. The molecule has 0 saturated heterocycles. The van der Waals surface area contributed by atoms with Gasteiger partial charge in [-0.3, -0.25) is 4.79 Å². The zero-order valence-corrected chi connectivity index (χ0v) is 11.4. The minimum Gasteiger partial charge on any atom is -0.481 e. The fourth-order valence-corrected chi connectivity index (χ4v) is 1.20. The van der Waals surface area contributed by atoms with E-state index in [1.165, 1.54) is 5.56 Å². The summed E-state index contributed by atoms with van der Waals surface area (Å²) in [6.07, 6.45) is 0.109. The maximum atomic E-state index is 10.4. The number of benzene rings is 1. The number of hydrogen-bond acceptors (Lipinski definition) is 1. The second-order valence-corrected chi connectivity index (χ2v) is 3.47. The molecule has 14 heavy (non-hydrogen) atoms. The Kier molecular flexibility index (Phi) is 6.22. The van der Waals surface area contributed by atoms with Crippen molar-refractivity contribution in [3.05, 3.63) is 35.4 Å². The number of carbonyl (C=O) groups is 1. The summed E-state index contributed by atoms with van der Waals surface area (Å²) in [5, 5.41) is 8.55. The van der Waals surface area contributed by atoms with Gasteiger partial charge in [0.05, 0.1) is 6.42 Å². The average Bonchev–Trinajstić information content (AvgIpc) is 2.04. The first kappa shape index (κ1) is 13.8. The second-order valence-electron chi connectivity index (χ2n) is 3.47. The molecule has 1 aromatic rings. The van der Waals surface area contributed by atoms with Crippen molar-refractivity contribution in [1.29, 1.82) is 0 Å². The summed E-state index contributed by atoms with van der Waals surface area (Å²) in [6.45, 7) is 4.23. The summed E-state index contributed by atoms with van der Waals surface area (Å²) in [5.74, 6) is -0.281. The molecule has 1 radical (unpaired) electrons. The minimum absolute atomic E-state index is 0. The van der Waals surface area contributed by atoms with Crippen molar-refractivity contribution in [2.24, 2.45) is 0 Å². The van der Waals surface area contributed by atoms with Crippen molar-refractivity contribution >= 4 is 5.97 Å². The van der Waals surface area contributed by atoms with Crippen LogP contribution in [0.25, 0.3) is 0 Å². The Morgan fingerprint density at radius 2 is 1.79 bits per heavy atom. The van der Waals surface area contributed by atoms with Gasteiger partial charge in [0.2, 0.25) is 0 Å². The molecule has 0 atom stereocenters. The Morgan fingerprint density at radius 3 is 2.14 bits per heavy atom. The van der Waals surface area contributed by atoms with Crippen LogP contribution < -0.4 is 0 Å². The zero-order valence-electron chi connectivity index (χ0n) is 8.53. The molecule has 1 rings (SSSR count). The predicted molar refractivity (Wildman–Crippen MR) is 51.9 cm³/mol. The molecule has 0 amide bonds. The Bertz CT molecular complexity index is 291. The van der Waals surface area contributed by atoms with Gasteiger partial charge in [-0.1, -0.05) is 38.1 Å². The van der Waals surface area contributed by atoms with Crippen LogP contribution in [0, 0.1) is 0 Å². The number of carboxylic acid groups (broad SMARTS) is 1. The Labute approximate surface area is 110 Å². The third-order valence-corrected chi connectivity index (χ3v) is 2.00. The number of rotatable bonds is 3. The van der Waals surface area contributed by atoms with Gasteiger partial charge < -0.3 is 5.11 Å². The van der Waals surface area contributed by atoms with Crippen LogP contribution in [0.5, 0.6) is 0 Å². The summed E-state index contributed by atoms with van der Waals surface area (Å²) in [7, 11) is 0. The first-order chi connectivity index (χ1) is 6.09. The number of hydrogen-bond donors (Lipinski definition) is 1. The monoisotopic (exact) mass is 267 g/mol. The van der Waals surface area contributed by atoms with Crippen LogP contribution >= 0.6 is 0 Å². The fraction of sp³-hybridized carbons (Fsp3) is 0.364. The zero-order chi connectivity index (χ0) is 9.84. The molecule has 0 aliphatic heterocycles. The third-order valence-electron chi connectivity index (χ3n) is 2.00. The standard InChI is InChI=1S/C11H14O2.Y/c1-8(2)10-5-3-9(4-6-10)7-11(12)13;/h3-6,8H,7H2,1-2H3,(H,12,13);. The van der Waals surface area contributed by atoms with E-state index in [4.69, 9.17) is 5.11 Å². The van der Waals surface area contributed by atoms with Crippen molar-refractivity contribution in [2.75, 3.05) is 0 Å². The first-order valence-corrected chi connectivity index (χ1v) is 4.40. The van der Waals surface area contributed by atoms with Crippen LogP contribution in [0.1, 0.15) is 30.9 Å². The molecule has 0 aliphatic carbocycles. The van der Waals surface area contributed by atoms with E-state index < -0.39 is 5.97 Å². The van der Waals surface area contributed by atoms with Gasteiger partial charge in [-0.25, -0.2) is 0 Å². The molecule has 1 aromatic carbocycles. The van der Waals surface area contributed by atoms with Gasteiger partial charge in [0.15, 0.2) is 0 Å². The van der Waals surface area contributed by atoms with Gasteiger partial charge in [-0.15, -0.1) is 0 Å². The van der Waals surface area contributed by atoms with E-state index in [0.29, 0.717) is 5.92 Å². The van der Waals surface area contributed by atoms with E-state index in [-0.39, 0.29) is 39.1 Å². The third kappa shape index (κ3) is 4.34. The summed E-state index contributed by atoms with van der Waals surface area (Å²) in [4.78, 5) is 10.4. The Hall–Kier alpha value is -0.206. The van der Waals surface area contributed by atoms with Crippen molar-refractivity contribution in [3.8, 4) is 0 Å². The molecule has 0 aliphatic rings. The first-order valence-electron chi connectivity index (χ1n) is 4.40. The molecule has 3 heteroatoms. The summed E-state index contributed by atoms with van der Waals surface area (Å²) < 4.78 is 0. The topological polar surface area (TPSA) is 37.3 Å². The molecule has 0 bridgehead atoms. The maximum Gasteiger partial charge on any atom is 0.307 e. The SMILES string of the molecule is CC(C)c1ccc(CC(=O)O)cc1.[Y]. The van der Waals surface area contributed by atoms with Crippen LogP contribution in [0.4, 0.5) is 0 Å². The summed E-state index contributed by atoms with van der Waals surface area (Å²) >= 11 is 0. The van der Waals surface area contributed by atoms with E-state index in [2.05, 4.69) is 13.8 Å². The van der Waals surface area contributed by atoms with E-state index in [1.54, 1.807) is 0 Å². The molecular weight excluding hydrogens is 253 g/mol. The van der Waals surface area contributed by atoms with Gasteiger partial charge >= 0.3 is 5.97 Å². The molecule has 0 heterocycles. The van der Waals surface area contributed by atoms with Gasteiger partial charge in [-0.05, 0) is 17.0 Å². The van der Waals surface area contributed by atoms with Crippen molar-refractivity contribution in [2.45, 2.75) is 26.2 Å². The number of aliphatic carboxylic acids is 1. The molecular formula is C11H14O2Y. The van der Waals surface area contributed by atoms with Crippen LogP contribution in [-0.2, 0) is 43.9 Å². The normalized spacial score (nSPS) is 9.64. The summed E-state index contributed by atoms with van der Waals surface area (Å²) in [5.41, 5.74) is 2.10. The van der Waals surface area contributed by atoms with E-state index in [0.717, 1.165) is 5.56 Å². The van der Waals surface area contributed by atoms with Gasteiger partial charge in [0, 0.05) is 32.7 Å². The van der Waals surface area contributed by atoms with Gasteiger partial charge in [-0.2, -0.15) is 0 Å². The molecule has 73 valence electrons. The van der Waals surface area contributed by atoms with Crippen LogP contribution in [-0.4, -0.2) is 11.1 Å². The minimum atomic E-state index is -0.780. The second kappa shape index (κ2) is 6.31. The van der Waals surface area contributed by atoms with E-state index in [9.17, 15) is 4.79 Å². The predicted octanol–water partition coefficient (Wildman–Crippen LogP) is 2.43. The van der Waals surface area contributed by atoms with Crippen LogP contribution in [0.2, 0.25) is 0 Å². The number of carboxylic acids is 1. The van der Waals surface area contributed by atoms with Crippen LogP contribution in [0.15, 0.2) is 24.3 Å². The maximum absolute atomic E-state index is 10.4. The van der Waals surface area contributed by atoms with Crippen molar-refractivity contribution in [1.82, 2.24) is 0 Å². The summed E-state index contributed by atoms with van der Waals surface area (Å²) in [6, 6.07) is 7.73. The molecule has 1 N–H and O–H groups in total. The van der Waals surface area contributed by atoms with E-state index >= 15 is 0 Å². The molecule has 0 unspecified atom stereocenters. The molecule has 2 nitrogen and oxygen atoms in total. The van der Waals surface area contributed by atoms with Crippen molar-refractivity contribution < 1.29 is 42.6 Å². The van der Waals surface area contributed by atoms with Gasteiger partial charge in [0.1, 0.15) is 0 Å². The molecule has 0 saturated carbocycles. The molecule has 0 aromatic heterocycles. The van der Waals surface area contributed by atoms with Crippen LogP contribution in [0.3, 0.4) is 0 Å². The molecule has 0 fully saturated rings. The quantitative estimate of drug-likeness (QED) is 0.913. The fourth-order valence-electron chi connectivity index (χ4n) is 1.20. The van der Waals surface area contributed by atoms with E-state index in [1.807, 2.05) is 24.3 Å². The van der Waals surface area contributed by atoms with Gasteiger partial charge in [0.25, 0.3) is 0 Å².